The molecule has 2 atom stereocenters. The molecule has 6 nitrogen and oxygen atoms in total. The minimum atomic E-state index is -0.740. The van der Waals surface area contributed by atoms with Crippen LogP contribution in [0.1, 0.15) is 19.3 Å². The highest BCUT2D eigenvalue weighted by Gasteiger charge is 2.55. The number of aryl methyl sites for hydroxylation is 1. The summed E-state index contributed by atoms with van der Waals surface area (Å²) >= 11 is 6.10. The van der Waals surface area contributed by atoms with Crippen molar-refractivity contribution in [2.24, 2.45) is 18.4 Å². The summed E-state index contributed by atoms with van der Waals surface area (Å²) in [5, 5.41) is 13.7. The molecule has 0 unspecified atom stereocenters. The Morgan fingerprint density at radius 2 is 2.35 bits per heavy atom. The molecule has 2 aliphatic rings. The van der Waals surface area contributed by atoms with Gasteiger partial charge in [-0.1, -0.05) is 18.0 Å². The molecule has 0 spiro atoms. The van der Waals surface area contributed by atoms with Crippen LogP contribution < -0.4 is 10.5 Å². The number of nitrogens with zero attached hydrogens (tertiary/aromatic N) is 3. The molecular formula is C13H16ClN3O3. The molecule has 1 aromatic heterocycles. The number of anilines is 1. The van der Waals surface area contributed by atoms with E-state index < -0.39 is 11.4 Å². The Bertz CT molecular complexity index is 630. The Labute approximate surface area is 121 Å². The largest absolute Gasteiger partial charge is 0.481 e. The molecule has 108 valence electrons. The van der Waals surface area contributed by atoms with Crippen LogP contribution in [0.5, 0.6) is 0 Å². The van der Waals surface area contributed by atoms with Crippen LogP contribution in [-0.2, 0) is 11.8 Å². The van der Waals surface area contributed by atoms with Gasteiger partial charge in [-0.2, -0.15) is 5.10 Å². The zero-order valence-electron chi connectivity index (χ0n) is 11.2. The Morgan fingerprint density at radius 3 is 3.00 bits per heavy atom. The molecule has 1 aliphatic heterocycles. The van der Waals surface area contributed by atoms with Crippen molar-refractivity contribution in [3.05, 3.63) is 21.6 Å². The van der Waals surface area contributed by atoms with Gasteiger partial charge in [0.1, 0.15) is 5.02 Å². The maximum Gasteiger partial charge on any atom is 0.311 e. The van der Waals surface area contributed by atoms with Crippen LogP contribution in [0, 0.1) is 11.3 Å². The van der Waals surface area contributed by atoms with Crippen LogP contribution >= 0.6 is 11.6 Å². The van der Waals surface area contributed by atoms with Crippen molar-refractivity contribution in [1.82, 2.24) is 9.78 Å². The summed E-state index contributed by atoms with van der Waals surface area (Å²) in [4.78, 5) is 25.4. The van der Waals surface area contributed by atoms with E-state index in [4.69, 9.17) is 11.6 Å². The number of hydrogen-bond donors (Lipinski definition) is 1. The fraction of sp³-hybridized carbons (Fsp3) is 0.615. The van der Waals surface area contributed by atoms with Gasteiger partial charge in [0, 0.05) is 20.1 Å². The molecule has 0 aromatic carbocycles. The normalized spacial score (nSPS) is 28.7. The lowest BCUT2D eigenvalue weighted by atomic mass is 9.81. The van der Waals surface area contributed by atoms with Gasteiger partial charge in [0.25, 0.3) is 5.56 Å². The SMILES string of the molecule is Cn1ncc(N2C[C@@H]3CCC[C@@]3(C(=O)O)C2)c(Cl)c1=O. The monoisotopic (exact) mass is 297 g/mol. The Hall–Kier alpha value is -1.56. The number of carboxylic acid groups (broad SMARTS) is 1. The molecule has 2 heterocycles. The summed E-state index contributed by atoms with van der Waals surface area (Å²) in [6.07, 6.45) is 4.10. The number of aromatic nitrogens is 2. The molecule has 1 saturated heterocycles. The van der Waals surface area contributed by atoms with E-state index in [1.165, 1.54) is 11.7 Å². The third-order valence-electron chi connectivity index (χ3n) is 4.70. The lowest BCUT2D eigenvalue weighted by molar-refractivity contribution is -0.149. The Balaban J connectivity index is 1.97. The summed E-state index contributed by atoms with van der Waals surface area (Å²) in [7, 11) is 1.54. The smallest absolute Gasteiger partial charge is 0.311 e. The van der Waals surface area contributed by atoms with E-state index in [1.54, 1.807) is 6.20 Å². The second-order valence-electron chi connectivity index (χ2n) is 5.70. The summed E-state index contributed by atoms with van der Waals surface area (Å²) < 4.78 is 1.18. The van der Waals surface area contributed by atoms with Gasteiger partial charge < -0.3 is 10.0 Å². The lowest BCUT2D eigenvalue weighted by Gasteiger charge is -2.24. The van der Waals surface area contributed by atoms with Gasteiger partial charge in [-0.15, -0.1) is 0 Å². The van der Waals surface area contributed by atoms with Crippen LogP contribution in [0.2, 0.25) is 5.02 Å². The number of carbonyl (C=O) groups is 1. The average Bonchev–Trinajstić information content (AvgIpc) is 2.93. The van der Waals surface area contributed by atoms with Gasteiger partial charge in [-0.25, -0.2) is 4.68 Å². The number of rotatable bonds is 2. The molecule has 0 amide bonds. The highest BCUT2D eigenvalue weighted by Crippen LogP contribution is 2.50. The molecule has 0 bridgehead atoms. The summed E-state index contributed by atoms with van der Waals surface area (Å²) in [6.45, 7) is 1.03. The molecule has 20 heavy (non-hydrogen) atoms. The first-order chi connectivity index (χ1) is 9.45. The second-order valence-corrected chi connectivity index (χ2v) is 6.08. The first kappa shape index (κ1) is 13.4. The van der Waals surface area contributed by atoms with E-state index in [0.29, 0.717) is 25.2 Å². The highest BCUT2D eigenvalue weighted by molar-refractivity contribution is 6.33. The molecule has 3 rings (SSSR count). The van der Waals surface area contributed by atoms with E-state index in [2.05, 4.69) is 5.10 Å². The third-order valence-corrected chi connectivity index (χ3v) is 5.05. The standard InChI is InChI=1S/C13H16ClN3O3/c1-16-11(18)10(14)9(5-15-16)17-6-8-3-2-4-13(8,7-17)12(19)20/h5,8H,2-4,6-7H2,1H3,(H,19,20)/t8-,13+/m0/s1. The van der Waals surface area contributed by atoms with Crippen molar-refractivity contribution >= 4 is 23.3 Å². The second kappa shape index (κ2) is 4.48. The predicted octanol–water partition coefficient (Wildman–Crippen LogP) is 1.12. The number of halogens is 1. The van der Waals surface area contributed by atoms with E-state index in [9.17, 15) is 14.7 Å². The summed E-state index contributed by atoms with van der Waals surface area (Å²) in [6, 6.07) is 0. The average molecular weight is 298 g/mol. The van der Waals surface area contributed by atoms with Crippen molar-refractivity contribution in [2.45, 2.75) is 19.3 Å². The topological polar surface area (TPSA) is 75.4 Å². The van der Waals surface area contributed by atoms with Crippen LogP contribution in [0.15, 0.2) is 11.0 Å². The molecule has 1 saturated carbocycles. The Morgan fingerprint density at radius 1 is 1.60 bits per heavy atom. The number of hydrogen-bond acceptors (Lipinski definition) is 4. The molecule has 0 radical (unpaired) electrons. The van der Waals surface area contributed by atoms with Crippen molar-refractivity contribution in [2.75, 3.05) is 18.0 Å². The van der Waals surface area contributed by atoms with Crippen molar-refractivity contribution in [1.29, 1.82) is 0 Å². The molecule has 7 heteroatoms. The molecule has 1 aromatic rings. The van der Waals surface area contributed by atoms with Crippen LogP contribution in [-0.4, -0.2) is 33.9 Å². The van der Waals surface area contributed by atoms with E-state index in [0.717, 1.165) is 12.8 Å². The van der Waals surface area contributed by atoms with E-state index in [-0.39, 0.29) is 16.5 Å². The van der Waals surface area contributed by atoms with E-state index in [1.807, 2.05) is 4.90 Å². The van der Waals surface area contributed by atoms with Crippen LogP contribution in [0.4, 0.5) is 5.69 Å². The van der Waals surface area contributed by atoms with Crippen molar-refractivity contribution in [3.63, 3.8) is 0 Å². The quantitative estimate of drug-likeness (QED) is 0.885. The number of carboxylic acids is 1. The minimum absolute atomic E-state index is 0.114. The van der Waals surface area contributed by atoms with Gasteiger partial charge in [-0.05, 0) is 18.8 Å². The van der Waals surface area contributed by atoms with Crippen LogP contribution in [0.3, 0.4) is 0 Å². The molecule has 1 aliphatic carbocycles. The van der Waals surface area contributed by atoms with Gasteiger partial charge in [0.15, 0.2) is 0 Å². The summed E-state index contributed by atoms with van der Waals surface area (Å²) in [5.74, 6) is -0.615. The minimum Gasteiger partial charge on any atom is -0.481 e. The molecule has 2 fully saturated rings. The zero-order valence-corrected chi connectivity index (χ0v) is 11.9. The van der Waals surface area contributed by atoms with Gasteiger partial charge >= 0.3 is 5.97 Å². The zero-order chi connectivity index (χ0) is 14.5. The Kier molecular flexibility index (Phi) is 3.01. The third kappa shape index (κ3) is 1.74. The number of aliphatic carboxylic acids is 1. The maximum absolute atomic E-state index is 11.8. The lowest BCUT2D eigenvalue weighted by Crippen LogP contribution is -2.36. The highest BCUT2D eigenvalue weighted by atomic mass is 35.5. The van der Waals surface area contributed by atoms with Gasteiger partial charge in [0.2, 0.25) is 0 Å². The summed E-state index contributed by atoms with van der Waals surface area (Å²) in [5.41, 5.74) is -0.500. The fourth-order valence-corrected chi connectivity index (χ4v) is 3.84. The number of fused-ring (bicyclic) bond motifs is 1. The predicted molar refractivity (Wildman–Crippen MR) is 74.1 cm³/mol. The van der Waals surface area contributed by atoms with Crippen LogP contribution in [0.25, 0.3) is 0 Å². The first-order valence-corrected chi connectivity index (χ1v) is 7.03. The first-order valence-electron chi connectivity index (χ1n) is 6.66. The van der Waals surface area contributed by atoms with Crippen molar-refractivity contribution < 1.29 is 9.90 Å². The van der Waals surface area contributed by atoms with E-state index >= 15 is 0 Å². The van der Waals surface area contributed by atoms with Crippen molar-refractivity contribution in [3.8, 4) is 0 Å². The molecule has 1 N–H and O–H groups in total. The van der Waals surface area contributed by atoms with Gasteiger partial charge in [-0.3, -0.25) is 9.59 Å². The fourth-order valence-electron chi connectivity index (χ4n) is 3.54. The van der Waals surface area contributed by atoms with Gasteiger partial charge in [0.05, 0.1) is 17.3 Å². The molecular weight excluding hydrogens is 282 g/mol. The maximum atomic E-state index is 11.8.